The Kier molecular flexibility index (Phi) is 9.37. The lowest BCUT2D eigenvalue weighted by Crippen LogP contribution is -2.74. The summed E-state index contributed by atoms with van der Waals surface area (Å²) in [5.41, 5.74) is 0.120. The molecule has 2 atom stereocenters. The maximum atomic E-state index is 14.3. The van der Waals surface area contributed by atoms with Gasteiger partial charge < -0.3 is 4.74 Å². The maximum absolute atomic E-state index is 14.3. The number of hydrogen-bond donors (Lipinski definition) is 0. The monoisotopic (exact) mass is 610 g/mol. The zero-order valence-corrected chi connectivity index (χ0v) is 19.7. The Morgan fingerprint density at radius 2 is 0.897 bits per heavy atom. The van der Waals surface area contributed by atoms with Crippen LogP contribution in [0, 0.1) is 0 Å². The SMILES string of the molecule is CCC(C)c1ccc(C(CC(F)(F)C(F)(F)C(F)(F)C(F)(F)C(F)(F)C(F)(F)C(F)(F)C(F)(F)F)OC)cc1. The molecule has 0 bridgehead atoms. The highest BCUT2D eigenvalue weighted by Crippen LogP contribution is 2.64. The third-order valence-electron chi connectivity index (χ3n) is 6.00. The van der Waals surface area contributed by atoms with Gasteiger partial charge in [-0.15, -0.1) is 0 Å². The van der Waals surface area contributed by atoms with Crippen molar-refractivity contribution in [2.45, 2.75) is 86.3 Å². The van der Waals surface area contributed by atoms with Gasteiger partial charge in [-0.05, 0) is 23.5 Å². The smallest absolute Gasteiger partial charge is 0.377 e. The molecular weight excluding hydrogens is 591 g/mol. The fourth-order valence-corrected chi connectivity index (χ4v) is 3.17. The van der Waals surface area contributed by atoms with Crippen LogP contribution in [-0.4, -0.2) is 54.7 Å². The van der Waals surface area contributed by atoms with E-state index in [0.29, 0.717) is 19.1 Å². The van der Waals surface area contributed by atoms with Crippen molar-refractivity contribution >= 4 is 0 Å². The molecule has 0 saturated carbocycles. The van der Waals surface area contributed by atoms with Gasteiger partial charge in [0.05, 0.1) is 6.10 Å². The molecule has 228 valence electrons. The molecule has 1 aromatic rings. The van der Waals surface area contributed by atoms with Crippen LogP contribution in [0.15, 0.2) is 24.3 Å². The summed E-state index contributed by atoms with van der Waals surface area (Å²) < 4.78 is 233. The van der Waals surface area contributed by atoms with Gasteiger partial charge in [0.1, 0.15) is 0 Å². The highest BCUT2D eigenvalue weighted by Gasteiger charge is 2.95. The Morgan fingerprint density at radius 3 is 1.23 bits per heavy atom. The van der Waals surface area contributed by atoms with Crippen LogP contribution in [0.2, 0.25) is 0 Å². The quantitative estimate of drug-likeness (QED) is 0.215. The van der Waals surface area contributed by atoms with E-state index in [2.05, 4.69) is 4.74 Å². The van der Waals surface area contributed by atoms with E-state index in [1.54, 1.807) is 13.8 Å². The second kappa shape index (κ2) is 10.4. The van der Waals surface area contributed by atoms with Gasteiger partial charge in [-0.25, -0.2) is 0 Å². The summed E-state index contributed by atoms with van der Waals surface area (Å²) in [5.74, 6) is -56.6. The molecule has 0 amide bonds. The molecule has 39 heavy (non-hydrogen) atoms. The van der Waals surface area contributed by atoms with Crippen LogP contribution >= 0.6 is 0 Å². The average Bonchev–Trinajstić information content (AvgIpc) is 2.80. The summed E-state index contributed by atoms with van der Waals surface area (Å²) in [6, 6.07) is 4.48. The minimum atomic E-state index is -8.64. The van der Waals surface area contributed by atoms with Crippen molar-refractivity contribution in [3.8, 4) is 0 Å². The molecule has 0 aromatic heterocycles. The lowest BCUT2D eigenvalue weighted by molar-refractivity contribution is -0.462. The summed E-state index contributed by atoms with van der Waals surface area (Å²) in [6.07, 6.45) is -12.2. The number of benzene rings is 1. The fraction of sp³-hybridized carbons (Fsp3) is 0.714. The normalized spacial score (nSPS) is 16.8. The van der Waals surface area contributed by atoms with Gasteiger partial charge in [-0.3, -0.25) is 0 Å². The van der Waals surface area contributed by atoms with Crippen LogP contribution in [-0.2, 0) is 4.74 Å². The molecule has 0 aliphatic heterocycles. The zero-order chi connectivity index (χ0) is 31.3. The molecule has 1 rings (SSSR count). The Labute approximate surface area is 209 Å². The third kappa shape index (κ3) is 5.37. The van der Waals surface area contributed by atoms with E-state index < -0.39 is 65.7 Å². The first-order valence-electron chi connectivity index (χ1n) is 10.5. The van der Waals surface area contributed by atoms with Gasteiger partial charge in [0, 0.05) is 13.5 Å². The van der Waals surface area contributed by atoms with E-state index in [4.69, 9.17) is 0 Å². The zero-order valence-electron chi connectivity index (χ0n) is 19.7. The minimum Gasteiger partial charge on any atom is -0.377 e. The number of methoxy groups -OCH3 is 1. The van der Waals surface area contributed by atoms with Gasteiger partial charge in [-0.1, -0.05) is 38.1 Å². The first-order valence-corrected chi connectivity index (χ1v) is 10.5. The summed E-state index contributed by atoms with van der Waals surface area (Å²) >= 11 is 0. The van der Waals surface area contributed by atoms with Crippen molar-refractivity contribution in [3.05, 3.63) is 35.4 Å². The maximum Gasteiger partial charge on any atom is 0.460 e. The van der Waals surface area contributed by atoms with Crippen molar-refractivity contribution in [1.29, 1.82) is 0 Å². The van der Waals surface area contributed by atoms with E-state index in [9.17, 15) is 74.6 Å². The second-order valence-electron chi connectivity index (χ2n) is 8.55. The number of hydrogen-bond acceptors (Lipinski definition) is 1. The fourth-order valence-electron chi connectivity index (χ4n) is 3.17. The van der Waals surface area contributed by atoms with Crippen LogP contribution in [0.1, 0.15) is 49.8 Å². The number of rotatable bonds is 12. The van der Waals surface area contributed by atoms with Crippen molar-refractivity contribution in [2.24, 2.45) is 0 Å². The van der Waals surface area contributed by atoms with Gasteiger partial charge in [0.25, 0.3) is 0 Å². The summed E-state index contributed by atoms with van der Waals surface area (Å²) in [6.45, 7) is 3.46. The molecule has 0 fully saturated rings. The topological polar surface area (TPSA) is 9.23 Å². The molecule has 0 saturated heterocycles. The number of halogens is 17. The highest BCUT2D eigenvalue weighted by molar-refractivity contribution is 5.27. The Bertz CT molecular complexity index is 966. The molecule has 0 heterocycles. The van der Waals surface area contributed by atoms with Crippen molar-refractivity contribution in [2.75, 3.05) is 7.11 Å². The van der Waals surface area contributed by atoms with E-state index in [1.165, 1.54) is 12.1 Å². The average molecular weight is 610 g/mol. The highest BCUT2D eigenvalue weighted by atomic mass is 19.4. The predicted octanol–water partition coefficient (Wildman–Crippen LogP) is 9.29. The molecule has 1 aromatic carbocycles. The van der Waals surface area contributed by atoms with Crippen LogP contribution < -0.4 is 0 Å². The summed E-state index contributed by atoms with van der Waals surface area (Å²) in [5, 5.41) is 0. The van der Waals surface area contributed by atoms with E-state index in [0.717, 1.165) is 12.1 Å². The van der Waals surface area contributed by atoms with E-state index >= 15 is 0 Å². The standard InChI is InChI=1S/C21H19F17O/c1-4-10(2)11-5-7-12(8-6-11)13(39-3)9-14(22,23)15(24,25)16(26,27)17(28,29)18(30,31)19(32,33)20(34,35)21(36,37)38/h5-8,10,13H,4,9H2,1-3H3. The second-order valence-corrected chi connectivity index (χ2v) is 8.55. The van der Waals surface area contributed by atoms with Crippen LogP contribution in [0.4, 0.5) is 74.6 Å². The molecule has 0 aliphatic carbocycles. The van der Waals surface area contributed by atoms with Gasteiger partial charge >= 0.3 is 47.6 Å². The Morgan fingerprint density at radius 1 is 0.564 bits per heavy atom. The van der Waals surface area contributed by atoms with Gasteiger partial charge in [-0.2, -0.15) is 74.6 Å². The predicted molar refractivity (Wildman–Crippen MR) is 100 cm³/mol. The molecule has 2 unspecified atom stereocenters. The molecule has 0 aliphatic rings. The van der Waals surface area contributed by atoms with Gasteiger partial charge in [0.15, 0.2) is 0 Å². The molecule has 18 heteroatoms. The van der Waals surface area contributed by atoms with Crippen molar-refractivity contribution in [1.82, 2.24) is 0 Å². The Hall–Kier alpha value is -2.01. The molecule has 1 nitrogen and oxygen atoms in total. The van der Waals surface area contributed by atoms with E-state index in [-0.39, 0.29) is 5.92 Å². The molecule has 0 radical (unpaired) electrons. The lowest BCUT2D eigenvalue weighted by atomic mass is 9.87. The van der Waals surface area contributed by atoms with Crippen LogP contribution in [0.25, 0.3) is 0 Å². The van der Waals surface area contributed by atoms with Gasteiger partial charge in [0.2, 0.25) is 0 Å². The van der Waals surface area contributed by atoms with Crippen LogP contribution in [0.5, 0.6) is 0 Å². The third-order valence-corrected chi connectivity index (χ3v) is 6.00. The first-order chi connectivity index (χ1) is 17.1. The summed E-state index contributed by atoms with van der Waals surface area (Å²) in [4.78, 5) is 0. The van der Waals surface area contributed by atoms with Crippen molar-refractivity contribution in [3.63, 3.8) is 0 Å². The number of ether oxygens (including phenoxy) is 1. The number of alkyl halides is 17. The van der Waals surface area contributed by atoms with E-state index in [1.807, 2.05) is 0 Å². The van der Waals surface area contributed by atoms with Crippen LogP contribution in [0.3, 0.4) is 0 Å². The molecular formula is C21H19F17O. The van der Waals surface area contributed by atoms with Crippen molar-refractivity contribution < 1.29 is 79.4 Å². The molecule has 0 N–H and O–H groups in total. The molecule has 0 spiro atoms. The lowest BCUT2D eigenvalue weighted by Gasteiger charge is -2.43. The first kappa shape index (κ1) is 35.0. The summed E-state index contributed by atoms with van der Waals surface area (Å²) in [7, 11) is 0.558. The largest absolute Gasteiger partial charge is 0.460 e. The minimum absolute atomic E-state index is 0.115. The Balaban J connectivity index is 3.53.